The van der Waals surface area contributed by atoms with Crippen LogP contribution in [-0.4, -0.2) is 31.8 Å². The monoisotopic (exact) mass is 342 g/mol. The summed E-state index contributed by atoms with van der Waals surface area (Å²) < 4.78 is 6.96. The Bertz CT molecular complexity index is 827. The summed E-state index contributed by atoms with van der Waals surface area (Å²) in [7, 11) is 0. The summed E-state index contributed by atoms with van der Waals surface area (Å²) in [6.45, 7) is 4.57. The second kappa shape index (κ2) is 7.78. The Balaban J connectivity index is 1.64. The summed E-state index contributed by atoms with van der Waals surface area (Å²) in [5.41, 5.74) is 0.654. The molecule has 0 spiro atoms. The number of rotatable bonds is 8. The van der Waals surface area contributed by atoms with Crippen LogP contribution in [0.3, 0.4) is 0 Å². The lowest BCUT2D eigenvalue weighted by molar-refractivity contribution is -0.121. The van der Waals surface area contributed by atoms with Crippen molar-refractivity contribution in [2.45, 2.75) is 45.7 Å². The van der Waals surface area contributed by atoms with Gasteiger partial charge in [0, 0.05) is 18.9 Å². The van der Waals surface area contributed by atoms with Gasteiger partial charge in [-0.05, 0) is 37.6 Å². The number of aromatic nitrogens is 4. The topological polar surface area (TPSA) is 97.3 Å². The Morgan fingerprint density at radius 2 is 2.20 bits per heavy atom. The Kier molecular flexibility index (Phi) is 5.27. The van der Waals surface area contributed by atoms with E-state index in [0.29, 0.717) is 36.7 Å². The van der Waals surface area contributed by atoms with Gasteiger partial charge in [0.2, 0.25) is 5.91 Å². The van der Waals surface area contributed by atoms with Gasteiger partial charge in [0.1, 0.15) is 11.6 Å². The quantitative estimate of drug-likeness (QED) is 0.651. The molecule has 132 valence electrons. The highest BCUT2D eigenvalue weighted by Crippen LogP contribution is 2.10. The van der Waals surface area contributed by atoms with Crippen LogP contribution in [0.1, 0.15) is 38.3 Å². The largest absolute Gasteiger partial charge is 0.467 e. The maximum absolute atomic E-state index is 11.9. The van der Waals surface area contributed by atoms with E-state index in [1.165, 1.54) is 0 Å². The van der Waals surface area contributed by atoms with Crippen molar-refractivity contribution in [3.63, 3.8) is 0 Å². The Morgan fingerprint density at radius 3 is 2.96 bits per heavy atom. The molecule has 0 aliphatic rings. The molecule has 8 nitrogen and oxygen atoms in total. The van der Waals surface area contributed by atoms with Crippen molar-refractivity contribution in [3.05, 3.63) is 42.1 Å². The van der Waals surface area contributed by atoms with Crippen LogP contribution in [0.5, 0.6) is 0 Å². The van der Waals surface area contributed by atoms with Gasteiger partial charge in [0.25, 0.3) is 0 Å². The molecule has 0 aliphatic heterocycles. The van der Waals surface area contributed by atoms with Gasteiger partial charge in [0.05, 0.1) is 12.8 Å². The number of carbonyl (C=O) groups excluding carboxylic acids is 1. The van der Waals surface area contributed by atoms with E-state index >= 15 is 0 Å². The Hall–Kier alpha value is -2.90. The van der Waals surface area contributed by atoms with Gasteiger partial charge in [0.15, 0.2) is 11.5 Å². The highest BCUT2D eigenvalue weighted by Gasteiger charge is 2.11. The number of aryl methyl sites for hydroxylation is 1. The second-order valence-corrected chi connectivity index (χ2v) is 5.91. The van der Waals surface area contributed by atoms with Crippen LogP contribution in [0, 0.1) is 0 Å². The molecule has 2 N–H and O–H groups in total. The first-order valence-electron chi connectivity index (χ1n) is 8.42. The number of carbonyl (C=O) groups is 1. The van der Waals surface area contributed by atoms with Crippen LogP contribution >= 0.6 is 0 Å². The maximum atomic E-state index is 11.9. The van der Waals surface area contributed by atoms with Gasteiger partial charge in [-0.1, -0.05) is 6.92 Å². The van der Waals surface area contributed by atoms with Gasteiger partial charge in [-0.15, -0.1) is 15.3 Å². The first-order chi connectivity index (χ1) is 12.2. The minimum Gasteiger partial charge on any atom is -0.467 e. The standard InChI is InChI=1S/C17H22N6O2/c1-3-12(2)19-17(24)9-8-16-21-20-15-7-6-14(22-23(15)16)18-11-13-5-4-10-25-13/h4-7,10,12H,3,8-9,11H2,1-2H3,(H,18,22)(H,19,24)/t12-/m1/s1. The summed E-state index contributed by atoms with van der Waals surface area (Å²) in [5.74, 6) is 2.19. The minimum atomic E-state index is 0.0122. The molecule has 0 saturated carbocycles. The first-order valence-corrected chi connectivity index (χ1v) is 8.42. The Labute approximate surface area is 145 Å². The fraction of sp³-hybridized carbons (Fsp3) is 0.412. The summed E-state index contributed by atoms with van der Waals surface area (Å²) in [5, 5.41) is 18.9. The maximum Gasteiger partial charge on any atom is 0.220 e. The number of furan rings is 1. The van der Waals surface area contributed by atoms with Crippen molar-refractivity contribution in [1.29, 1.82) is 0 Å². The fourth-order valence-electron chi connectivity index (χ4n) is 2.35. The number of nitrogens with one attached hydrogen (secondary N) is 2. The number of amides is 1. The van der Waals surface area contributed by atoms with E-state index in [2.05, 4.69) is 25.9 Å². The molecule has 0 aliphatic carbocycles. The van der Waals surface area contributed by atoms with Gasteiger partial charge in [-0.2, -0.15) is 4.52 Å². The molecule has 0 radical (unpaired) electrons. The summed E-state index contributed by atoms with van der Waals surface area (Å²) in [4.78, 5) is 11.9. The SMILES string of the molecule is CC[C@@H](C)NC(=O)CCc1nnc2ccc(NCc3ccco3)nn12. The smallest absolute Gasteiger partial charge is 0.220 e. The van der Waals surface area contributed by atoms with Crippen LogP contribution in [0.2, 0.25) is 0 Å². The molecule has 3 heterocycles. The van der Waals surface area contributed by atoms with Crippen LogP contribution < -0.4 is 10.6 Å². The molecule has 3 aromatic rings. The van der Waals surface area contributed by atoms with Gasteiger partial charge in [-0.25, -0.2) is 0 Å². The van der Waals surface area contributed by atoms with Crippen LogP contribution in [0.15, 0.2) is 34.9 Å². The number of anilines is 1. The molecule has 0 bridgehead atoms. The molecule has 3 aromatic heterocycles. The van der Waals surface area contributed by atoms with E-state index in [1.54, 1.807) is 10.8 Å². The normalized spacial score (nSPS) is 12.2. The lowest BCUT2D eigenvalue weighted by Crippen LogP contribution is -2.32. The molecule has 8 heteroatoms. The first kappa shape index (κ1) is 16.9. The van der Waals surface area contributed by atoms with Crippen molar-refractivity contribution in [1.82, 2.24) is 25.1 Å². The zero-order chi connectivity index (χ0) is 17.6. The predicted octanol–water partition coefficient (Wildman–Crippen LogP) is 2.18. The van der Waals surface area contributed by atoms with Crippen molar-refractivity contribution in [2.75, 3.05) is 5.32 Å². The molecular weight excluding hydrogens is 320 g/mol. The third-order valence-electron chi connectivity index (χ3n) is 3.95. The van der Waals surface area contributed by atoms with Crippen LogP contribution in [0.25, 0.3) is 5.65 Å². The van der Waals surface area contributed by atoms with E-state index in [1.807, 2.05) is 38.1 Å². The zero-order valence-electron chi connectivity index (χ0n) is 14.4. The lowest BCUT2D eigenvalue weighted by atomic mass is 10.2. The third-order valence-corrected chi connectivity index (χ3v) is 3.95. The summed E-state index contributed by atoms with van der Waals surface area (Å²) in [6.07, 6.45) is 3.39. The molecular formula is C17H22N6O2. The highest BCUT2D eigenvalue weighted by atomic mass is 16.3. The second-order valence-electron chi connectivity index (χ2n) is 5.91. The molecule has 25 heavy (non-hydrogen) atoms. The van der Waals surface area contributed by atoms with E-state index in [-0.39, 0.29) is 11.9 Å². The van der Waals surface area contributed by atoms with Gasteiger partial charge >= 0.3 is 0 Å². The van der Waals surface area contributed by atoms with E-state index in [9.17, 15) is 4.79 Å². The predicted molar refractivity (Wildman–Crippen MR) is 93.0 cm³/mol. The highest BCUT2D eigenvalue weighted by molar-refractivity contribution is 5.76. The van der Waals surface area contributed by atoms with Gasteiger partial charge in [-0.3, -0.25) is 4.79 Å². The number of hydrogen-bond acceptors (Lipinski definition) is 6. The molecule has 1 amide bonds. The number of nitrogens with zero attached hydrogens (tertiary/aromatic N) is 4. The lowest BCUT2D eigenvalue weighted by Gasteiger charge is -2.10. The molecule has 0 saturated heterocycles. The molecule has 0 fully saturated rings. The average Bonchev–Trinajstić information content (AvgIpc) is 3.27. The van der Waals surface area contributed by atoms with Crippen molar-refractivity contribution >= 4 is 17.4 Å². The zero-order valence-corrected chi connectivity index (χ0v) is 14.4. The van der Waals surface area contributed by atoms with Crippen LogP contribution in [0.4, 0.5) is 5.82 Å². The van der Waals surface area contributed by atoms with E-state index in [4.69, 9.17) is 4.42 Å². The third kappa shape index (κ3) is 4.34. The van der Waals surface area contributed by atoms with E-state index < -0.39 is 0 Å². The Morgan fingerprint density at radius 1 is 1.32 bits per heavy atom. The number of fused-ring (bicyclic) bond motifs is 1. The molecule has 0 unspecified atom stereocenters. The molecule has 1 atom stereocenters. The van der Waals surface area contributed by atoms with Crippen molar-refractivity contribution in [2.24, 2.45) is 0 Å². The minimum absolute atomic E-state index is 0.0122. The molecule has 0 aromatic carbocycles. The van der Waals surface area contributed by atoms with E-state index in [0.717, 1.165) is 12.2 Å². The summed E-state index contributed by atoms with van der Waals surface area (Å²) >= 11 is 0. The van der Waals surface area contributed by atoms with Crippen molar-refractivity contribution in [3.8, 4) is 0 Å². The van der Waals surface area contributed by atoms with Gasteiger partial charge < -0.3 is 15.1 Å². The average molecular weight is 342 g/mol. The fourth-order valence-corrected chi connectivity index (χ4v) is 2.35. The molecule has 3 rings (SSSR count). The summed E-state index contributed by atoms with van der Waals surface area (Å²) in [6, 6.07) is 7.60. The number of hydrogen-bond donors (Lipinski definition) is 2. The van der Waals surface area contributed by atoms with Crippen molar-refractivity contribution < 1.29 is 9.21 Å². The van der Waals surface area contributed by atoms with Crippen LogP contribution in [-0.2, 0) is 17.8 Å².